The summed E-state index contributed by atoms with van der Waals surface area (Å²) in [5, 5.41) is 8.61. The molecule has 1 rings (SSSR count). The fraction of sp³-hybridized carbons (Fsp3) is 0. The van der Waals surface area contributed by atoms with E-state index in [1.807, 2.05) is 18.2 Å². The van der Waals surface area contributed by atoms with Gasteiger partial charge in [-0.15, -0.1) is 0 Å². The molecule has 14 heavy (non-hydrogen) atoms. The summed E-state index contributed by atoms with van der Waals surface area (Å²) in [7, 11) is 0. The largest absolute Gasteiger partial charge is 0.478 e. The Kier molecular flexibility index (Phi) is 3.43. The Morgan fingerprint density at radius 3 is 2.50 bits per heavy atom. The molecule has 0 aliphatic rings. The molecule has 4 heteroatoms. The second-order valence-corrected chi connectivity index (χ2v) is 2.52. The predicted molar refractivity (Wildman–Crippen MR) is 54.5 cm³/mol. The van der Waals surface area contributed by atoms with Crippen molar-refractivity contribution in [3.05, 3.63) is 42.1 Å². The Labute approximate surface area is 81.4 Å². The van der Waals surface area contributed by atoms with Gasteiger partial charge < -0.3 is 10.8 Å². The van der Waals surface area contributed by atoms with E-state index >= 15 is 0 Å². The van der Waals surface area contributed by atoms with E-state index in [1.54, 1.807) is 12.1 Å². The minimum atomic E-state index is -1.09. The summed E-state index contributed by atoms with van der Waals surface area (Å²) >= 11 is 0. The molecule has 0 aliphatic carbocycles. The molecule has 4 nitrogen and oxygen atoms in total. The first-order valence-corrected chi connectivity index (χ1v) is 3.98. The zero-order valence-corrected chi connectivity index (χ0v) is 7.42. The van der Waals surface area contributed by atoms with Gasteiger partial charge in [-0.1, -0.05) is 18.2 Å². The third-order valence-electron chi connectivity index (χ3n) is 1.54. The number of benzene rings is 1. The summed E-state index contributed by atoms with van der Waals surface area (Å²) in [5.74, 6) is -1.09. The molecule has 0 spiro atoms. The van der Waals surface area contributed by atoms with Crippen molar-refractivity contribution in [2.45, 2.75) is 0 Å². The minimum Gasteiger partial charge on any atom is -0.478 e. The van der Waals surface area contributed by atoms with E-state index in [9.17, 15) is 4.79 Å². The highest BCUT2D eigenvalue weighted by atomic mass is 16.4. The molecule has 0 heterocycles. The Balaban J connectivity index is 2.78. The topological polar surface area (TPSA) is 75.7 Å². The number of nitrogens with zero attached hydrogens (tertiary/aromatic N) is 1. The molecule has 1 aromatic rings. The number of aliphatic imine (C=N–C) groups is 1. The molecular formula is C10H10N2O2. The van der Waals surface area contributed by atoms with Crippen molar-refractivity contribution in [1.29, 1.82) is 0 Å². The van der Waals surface area contributed by atoms with E-state index in [1.165, 1.54) is 6.21 Å². The van der Waals surface area contributed by atoms with Crippen LogP contribution in [0.15, 0.2) is 47.1 Å². The highest BCUT2D eigenvalue weighted by molar-refractivity contribution is 6.08. The first kappa shape index (κ1) is 9.98. The number of hydrogen-bond donors (Lipinski definition) is 2. The van der Waals surface area contributed by atoms with E-state index in [2.05, 4.69) is 4.99 Å². The minimum absolute atomic E-state index is 0.0335. The van der Waals surface area contributed by atoms with Crippen LogP contribution < -0.4 is 5.73 Å². The van der Waals surface area contributed by atoms with Crippen molar-refractivity contribution in [1.82, 2.24) is 0 Å². The van der Waals surface area contributed by atoms with Gasteiger partial charge in [-0.25, -0.2) is 4.79 Å². The van der Waals surface area contributed by atoms with Crippen molar-refractivity contribution in [2.24, 2.45) is 10.7 Å². The van der Waals surface area contributed by atoms with Crippen LogP contribution in [0.5, 0.6) is 0 Å². The average molecular weight is 190 g/mol. The van der Waals surface area contributed by atoms with Crippen LogP contribution in [0.2, 0.25) is 0 Å². The lowest BCUT2D eigenvalue weighted by atomic mass is 10.3. The fourth-order valence-electron chi connectivity index (χ4n) is 0.828. The summed E-state index contributed by atoms with van der Waals surface area (Å²) < 4.78 is 0. The van der Waals surface area contributed by atoms with Crippen LogP contribution in [0, 0.1) is 0 Å². The molecule has 0 unspecified atom stereocenters. The molecule has 0 fully saturated rings. The standard InChI is InChI=1S/C10H10N2O2/c11-6-8(10(13)14)7-12-9-4-2-1-3-5-9/h1-7H,11H2,(H,13,14). The van der Waals surface area contributed by atoms with Crippen molar-refractivity contribution in [2.75, 3.05) is 0 Å². The molecular weight excluding hydrogens is 180 g/mol. The number of carboxylic acid groups (broad SMARTS) is 1. The van der Waals surface area contributed by atoms with Gasteiger partial charge in [0, 0.05) is 12.4 Å². The lowest BCUT2D eigenvalue weighted by Crippen LogP contribution is -2.03. The average Bonchev–Trinajstić information content (AvgIpc) is 2.20. The van der Waals surface area contributed by atoms with Gasteiger partial charge in [-0.3, -0.25) is 4.99 Å². The Morgan fingerprint density at radius 2 is 2.00 bits per heavy atom. The summed E-state index contributed by atoms with van der Waals surface area (Å²) in [5.41, 5.74) is 5.76. The molecule has 0 saturated heterocycles. The molecule has 3 N–H and O–H groups in total. The van der Waals surface area contributed by atoms with Crippen LogP contribution in [-0.4, -0.2) is 17.3 Å². The Hall–Kier alpha value is -2.10. The molecule has 0 aromatic heterocycles. The third kappa shape index (κ3) is 2.75. The van der Waals surface area contributed by atoms with E-state index in [0.29, 0.717) is 5.69 Å². The maximum absolute atomic E-state index is 10.5. The third-order valence-corrected chi connectivity index (χ3v) is 1.54. The van der Waals surface area contributed by atoms with Crippen molar-refractivity contribution >= 4 is 17.9 Å². The van der Waals surface area contributed by atoms with Gasteiger partial charge in [0.2, 0.25) is 0 Å². The Morgan fingerprint density at radius 1 is 1.36 bits per heavy atom. The normalized spacial score (nSPS) is 11.9. The van der Waals surface area contributed by atoms with Gasteiger partial charge >= 0.3 is 5.97 Å². The zero-order valence-electron chi connectivity index (χ0n) is 7.42. The van der Waals surface area contributed by atoms with Crippen LogP contribution in [0.1, 0.15) is 0 Å². The summed E-state index contributed by atoms with van der Waals surface area (Å²) in [6.07, 6.45) is 2.23. The Bertz CT molecular complexity index is 369. The molecule has 0 aliphatic heterocycles. The number of carbonyl (C=O) groups is 1. The molecule has 72 valence electrons. The van der Waals surface area contributed by atoms with Crippen LogP contribution in [0.3, 0.4) is 0 Å². The fourth-order valence-corrected chi connectivity index (χ4v) is 0.828. The van der Waals surface area contributed by atoms with Crippen molar-refractivity contribution in [3.8, 4) is 0 Å². The zero-order chi connectivity index (χ0) is 10.4. The number of nitrogens with two attached hydrogens (primary N) is 1. The number of aliphatic carboxylic acids is 1. The first-order valence-electron chi connectivity index (χ1n) is 3.98. The first-order chi connectivity index (χ1) is 6.74. The van der Waals surface area contributed by atoms with Crippen LogP contribution in [-0.2, 0) is 4.79 Å². The van der Waals surface area contributed by atoms with Crippen molar-refractivity contribution in [3.63, 3.8) is 0 Å². The number of para-hydroxylation sites is 1. The smallest absolute Gasteiger partial charge is 0.338 e. The van der Waals surface area contributed by atoms with Crippen molar-refractivity contribution < 1.29 is 9.90 Å². The molecule has 0 atom stereocenters. The highest BCUT2D eigenvalue weighted by Gasteiger charge is 2.01. The van der Waals surface area contributed by atoms with E-state index < -0.39 is 5.97 Å². The van der Waals surface area contributed by atoms with E-state index in [-0.39, 0.29) is 5.57 Å². The van der Waals surface area contributed by atoms with Gasteiger partial charge in [0.1, 0.15) is 0 Å². The van der Waals surface area contributed by atoms with E-state index in [4.69, 9.17) is 10.8 Å². The monoisotopic (exact) mass is 190 g/mol. The molecule has 0 radical (unpaired) electrons. The molecule has 0 saturated carbocycles. The number of hydrogen-bond acceptors (Lipinski definition) is 3. The van der Waals surface area contributed by atoms with Crippen LogP contribution in [0.4, 0.5) is 5.69 Å². The van der Waals surface area contributed by atoms with E-state index in [0.717, 1.165) is 6.20 Å². The van der Waals surface area contributed by atoms with Crippen LogP contribution in [0.25, 0.3) is 0 Å². The lowest BCUT2D eigenvalue weighted by molar-refractivity contribution is -0.132. The summed E-state index contributed by atoms with van der Waals surface area (Å²) in [6, 6.07) is 9.04. The lowest BCUT2D eigenvalue weighted by Gasteiger charge is -1.92. The van der Waals surface area contributed by atoms with Gasteiger partial charge in [0.25, 0.3) is 0 Å². The quantitative estimate of drug-likeness (QED) is 0.557. The van der Waals surface area contributed by atoms with Gasteiger partial charge in [-0.05, 0) is 12.1 Å². The summed E-state index contributed by atoms with van der Waals surface area (Å²) in [6.45, 7) is 0. The number of rotatable bonds is 3. The SMILES string of the molecule is NC=C(C=Nc1ccccc1)C(=O)O. The second-order valence-electron chi connectivity index (χ2n) is 2.52. The molecule has 0 bridgehead atoms. The highest BCUT2D eigenvalue weighted by Crippen LogP contribution is 2.09. The van der Waals surface area contributed by atoms with Gasteiger partial charge in [0.05, 0.1) is 11.3 Å². The maximum Gasteiger partial charge on any atom is 0.338 e. The molecule has 1 aromatic carbocycles. The van der Waals surface area contributed by atoms with Gasteiger partial charge in [-0.2, -0.15) is 0 Å². The number of carboxylic acids is 1. The predicted octanol–water partition coefficient (Wildman–Crippen LogP) is 1.32. The second kappa shape index (κ2) is 4.81. The van der Waals surface area contributed by atoms with Gasteiger partial charge in [0.15, 0.2) is 0 Å². The molecule has 0 amide bonds. The maximum atomic E-state index is 10.5. The van der Waals surface area contributed by atoms with Crippen LogP contribution >= 0.6 is 0 Å². The summed E-state index contributed by atoms with van der Waals surface area (Å²) in [4.78, 5) is 14.5.